The number of nitrogens with zero attached hydrogens (tertiary/aromatic N) is 1. The predicted octanol–water partition coefficient (Wildman–Crippen LogP) is 1.67. The lowest BCUT2D eigenvalue weighted by atomic mass is 9.94. The number of hydrogen-bond acceptors (Lipinski definition) is 3. The highest BCUT2D eigenvalue weighted by Crippen LogP contribution is 2.16. The van der Waals surface area contributed by atoms with Gasteiger partial charge in [0.15, 0.2) is 0 Å². The Labute approximate surface area is 92.8 Å². The number of thioether (sulfide) groups is 1. The van der Waals surface area contributed by atoms with Crippen molar-refractivity contribution in [2.75, 3.05) is 38.2 Å². The molecule has 2 atom stereocenters. The minimum absolute atomic E-state index is 0.755. The normalized spacial score (nSPS) is 29.4. The molecule has 1 heterocycles. The molecule has 1 fully saturated rings. The van der Waals surface area contributed by atoms with E-state index >= 15 is 0 Å². The highest BCUT2D eigenvalue weighted by atomic mass is 32.2. The van der Waals surface area contributed by atoms with E-state index in [0.717, 1.165) is 12.0 Å². The van der Waals surface area contributed by atoms with Gasteiger partial charge in [-0.3, -0.25) is 0 Å². The fraction of sp³-hybridized carbons (Fsp3) is 1.00. The Morgan fingerprint density at radius 2 is 2.29 bits per heavy atom. The quantitative estimate of drug-likeness (QED) is 0.704. The number of piperidine rings is 1. The molecule has 0 radical (unpaired) electrons. The summed E-state index contributed by atoms with van der Waals surface area (Å²) >= 11 is 1.92. The molecule has 3 heteroatoms. The van der Waals surface area contributed by atoms with Crippen molar-refractivity contribution in [2.24, 2.45) is 5.92 Å². The van der Waals surface area contributed by atoms with Crippen LogP contribution in [0.5, 0.6) is 0 Å². The van der Waals surface area contributed by atoms with Crippen molar-refractivity contribution in [3.8, 4) is 0 Å². The Bertz CT molecular complexity index is 150. The largest absolute Gasteiger partial charge is 0.313 e. The molecule has 1 aliphatic heterocycles. The van der Waals surface area contributed by atoms with Gasteiger partial charge in [-0.15, -0.1) is 0 Å². The van der Waals surface area contributed by atoms with Crippen molar-refractivity contribution < 1.29 is 0 Å². The van der Waals surface area contributed by atoms with Crippen LogP contribution in [0.4, 0.5) is 0 Å². The molecule has 2 nitrogen and oxygen atoms in total. The maximum absolute atomic E-state index is 3.67. The average molecular weight is 216 g/mol. The second-order valence-electron chi connectivity index (χ2n) is 4.21. The first-order chi connectivity index (χ1) is 6.77. The number of likely N-dealkylation sites (tertiary alicyclic amines) is 1. The summed E-state index contributed by atoms with van der Waals surface area (Å²) in [6.45, 7) is 9.56. The molecule has 0 aliphatic carbocycles. The molecule has 2 unspecified atom stereocenters. The Balaban J connectivity index is 2.20. The maximum atomic E-state index is 3.67. The molecular weight excluding hydrogens is 192 g/mol. The summed E-state index contributed by atoms with van der Waals surface area (Å²) in [6, 6.07) is 0.755. The topological polar surface area (TPSA) is 15.3 Å². The lowest BCUT2D eigenvalue weighted by molar-refractivity contribution is 0.155. The highest BCUT2D eigenvalue weighted by molar-refractivity contribution is 7.98. The SMILES string of the molecule is CCN1CCC(NCCSC)C(C)C1. The monoisotopic (exact) mass is 216 g/mol. The number of rotatable bonds is 5. The Morgan fingerprint density at radius 1 is 1.50 bits per heavy atom. The van der Waals surface area contributed by atoms with Crippen molar-refractivity contribution in [2.45, 2.75) is 26.3 Å². The van der Waals surface area contributed by atoms with Crippen LogP contribution in [0, 0.1) is 5.92 Å². The minimum Gasteiger partial charge on any atom is -0.313 e. The smallest absolute Gasteiger partial charge is 0.0117 e. The van der Waals surface area contributed by atoms with Crippen molar-refractivity contribution in [3.05, 3.63) is 0 Å². The van der Waals surface area contributed by atoms with E-state index in [2.05, 4.69) is 30.3 Å². The Hall–Kier alpha value is 0.270. The van der Waals surface area contributed by atoms with Crippen LogP contribution in [0.2, 0.25) is 0 Å². The van der Waals surface area contributed by atoms with Gasteiger partial charge in [0, 0.05) is 24.9 Å². The van der Waals surface area contributed by atoms with Crippen LogP contribution in [0.1, 0.15) is 20.3 Å². The Morgan fingerprint density at radius 3 is 2.86 bits per heavy atom. The van der Waals surface area contributed by atoms with Crippen LogP contribution in [0.3, 0.4) is 0 Å². The number of hydrogen-bond donors (Lipinski definition) is 1. The molecule has 0 amide bonds. The van der Waals surface area contributed by atoms with Gasteiger partial charge < -0.3 is 10.2 Å². The second kappa shape index (κ2) is 6.70. The molecular formula is C11H24N2S. The van der Waals surface area contributed by atoms with Crippen molar-refractivity contribution >= 4 is 11.8 Å². The third-order valence-corrected chi connectivity index (χ3v) is 3.76. The van der Waals surface area contributed by atoms with E-state index in [-0.39, 0.29) is 0 Å². The molecule has 0 aromatic rings. The van der Waals surface area contributed by atoms with Gasteiger partial charge in [-0.05, 0) is 31.7 Å². The summed E-state index contributed by atoms with van der Waals surface area (Å²) in [5.74, 6) is 2.05. The molecule has 14 heavy (non-hydrogen) atoms. The zero-order valence-electron chi connectivity index (χ0n) is 9.75. The average Bonchev–Trinajstić information content (AvgIpc) is 2.20. The summed E-state index contributed by atoms with van der Waals surface area (Å²) in [4.78, 5) is 2.55. The van der Waals surface area contributed by atoms with E-state index < -0.39 is 0 Å². The van der Waals surface area contributed by atoms with Crippen LogP contribution < -0.4 is 5.32 Å². The first-order valence-corrected chi connectivity index (χ1v) is 7.12. The summed E-state index contributed by atoms with van der Waals surface area (Å²) in [5, 5.41) is 3.67. The van der Waals surface area contributed by atoms with Crippen molar-refractivity contribution in [3.63, 3.8) is 0 Å². The van der Waals surface area contributed by atoms with E-state index in [1.54, 1.807) is 0 Å². The fourth-order valence-electron chi connectivity index (χ4n) is 2.17. The molecule has 1 aliphatic rings. The van der Waals surface area contributed by atoms with E-state index in [9.17, 15) is 0 Å². The van der Waals surface area contributed by atoms with Gasteiger partial charge in [-0.25, -0.2) is 0 Å². The summed E-state index contributed by atoms with van der Waals surface area (Å²) in [5.41, 5.74) is 0. The number of nitrogens with one attached hydrogen (secondary N) is 1. The molecule has 1 N–H and O–H groups in total. The lowest BCUT2D eigenvalue weighted by Gasteiger charge is -2.36. The van der Waals surface area contributed by atoms with Crippen molar-refractivity contribution in [1.82, 2.24) is 10.2 Å². The third kappa shape index (κ3) is 3.79. The first kappa shape index (κ1) is 12.3. The molecule has 1 rings (SSSR count). The Kier molecular flexibility index (Phi) is 5.90. The van der Waals surface area contributed by atoms with Crippen LogP contribution >= 0.6 is 11.8 Å². The zero-order chi connectivity index (χ0) is 10.4. The summed E-state index contributed by atoms with van der Waals surface area (Å²) in [6.07, 6.45) is 3.49. The van der Waals surface area contributed by atoms with Gasteiger partial charge in [0.2, 0.25) is 0 Å². The third-order valence-electron chi connectivity index (χ3n) is 3.15. The predicted molar refractivity (Wildman–Crippen MR) is 66.1 cm³/mol. The van der Waals surface area contributed by atoms with E-state index in [1.165, 1.54) is 38.4 Å². The summed E-state index contributed by atoms with van der Waals surface area (Å²) < 4.78 is 0. The van der Waals surface area contributed by atoms with Gasteiger partial charge in [0.25, 0.3) is 0 Å². The molecule has 1 saturated heterocycles. The first-order valence-electron chi connectivity index (χ1n) is 5.72. The molecule has 0 spiro atoms. The molecule has 0 aromatic heterocycles. The van der Waals surface area contributed by atoms with Gasteiger partial charge in [0.1, 0.15) is 0 Å². The highest BCUT2D eigenvalue weighted by Gasteiger charge is 2.24. The lowest BCUT2D eigenvalue weighted by Crippen LogP contribution is -2.48. The minimum atomic E-state index is 0.755. The molecule has 0 bridgehead atoms. The van der Waals surface area contributed by atoms with Crippen LogP contribution in [0.25, 0.3) is 0 Å². The standard InChI is InChI=1S/C11H24N2S/c1-4-13-7-5-11(10(2)9-13)12-6-8-14-3/h10-12H,4-9H2,1-3H3. The van der Waals surface area contributed by atoms with Gasteiger partial charge in [-0.1, -0.05) is 13.8 Å². The fourth-order valence-corrected chi connectivity index (χ4v) is 2.49. The molecule has 84 valence electrons. The van der Waals surface area contributed by atoms with Crippen LogP contribution in [-0.4, -0.2) is 49.1 Å². The van der Waals surface area contributed by atoms with Gasteiger partial charge in [-0.2, -0.15) is 11.8 Å². The van der Waals surface area contributed by atoms with Crippen molar-refractivity contribution in [1.29, 1.82) is 0 Å². The van der Waals surface area contributed by atoms with Crippen LogP contribution in [0.15, 0.2) is 0 Å². The molecule has 0 saturated carbocycles. The van der Waals surface area contributed by atoms with Gasteiger partial charge in [0.05, 0.1) is 0 Å². The zero-order valence-corrected chi connectivity index (χ0v) is 10.6. The molecule has 0 aromatic carbocycles. The van der Waals surface area contributed by atoms with E-state index in [1.807, 2.05) is 11.8 Å². The maximum Gasteiger partial charge on any atom is 0.0117 e. The van der Waals surface area contributed by atoms with E-state index in [4.69, 9.17) is 0 Å². The van der Waals surface area contributed by atoms with E-state index in [0.29, 0.717) is 0 Å². The van der Waals surface area contributed by atoms with Crippen LogP contribution in [-0.2, 0) is 0 Å². The second-order valence-corrected chi connectivity index (χ2v) is 5.20. The summed E-state index contributed by atoms with van der Waals surface area (Å²) in [7, 11) is 0. The van der Waals surface area contributed by atoms with Gasteiger partial charge >= 0.3 is 0 Å².